The molecule has 3 N–H and O–H groups in total. The Balaban J connectivity index is 1.94. The van der Waals surface area contributed by atoms with E-state index in [4.69, 9.17) is 14.2 Å². The topological polar surface area (TPSA) is 140 Å². The molecular formula is C35H44FO9P. The summed E-state index contributed by atoms with van der Waals surface area (Å²) >= 11 is 0. The maximum absolute atomic E-state index is 13.4. The highest BCUT2D eigenvalue weighted by molar-refractivity contribution is 7.53. The molecule has 0 heterocycles. The van der Waals surface area contributed by atoms with E-state index in [9.17, 15) is 33.4 Å². The molecule has 0 aliphatic heterocycles. The first-order chi connectivity index (χ1) is 21.1. The van der Waals surface area contributed by atoms with Crippen LogP contribution in [0.15, 0.2) is 54.6 Å². The number of carbonyl (C=O) groups is 2. The van der Waals surface area contributed by atoms with Crippen LogP contribution in [0.1, 0.15) is 74.9 Å². The van der Waals surface area contributed by atoms with Gasteiger partial charge < -0.3 is 29.1 Å². The summed E-state index contributed by atoms with van der Waals surface area (Å²) in [5.41, 5.74) is 2.92. The highest BCUT2D eigenvalue weighted by atomic mass is 31.2. The van der Waals surface area contributed by atoms with Crippen molar-refractivity contribution in [2.24, 2.45) is 10.8 Å². The van der Waals surface area contributed by atoms with Crippen molar-refractivity contribution < 1.29 is 47.6 Å². The molecule has 3 aromatic carbocycles. The van der Waals surface area contributed by atoms with Gasteiger partial charge in [-0.2, -0.15) is 0 Å². The molecule has 0 aromatic heterocycles. The summed E-state index contributed by atoms with van der Waals surface area (Å²) in [7, 11) is -5.25. The average Bonchev–Trinajstić information content (AvgIpc) is 2.93. The molecule has 9 nitrogen and oxygen atoms in total. The molecule has 0 saturated heterocycles. The summed E-state index contributed by atoms with van der Waals surface area (Å²) in [4.78, 5) is 46.3. The molecule has 11 heteroatoms. The molecule has 0 saturated carbocycles. The number of ether oxygens (including phenoxy) is 3. The Morgan fingerprint density at radius 2 is 1.24 bits per heavy atom. The lowest BCUT2D eigenvalue weighted by molar-refractivity contribution is -0.164. The lowest BCUT2D eigenvalue weighted by Crippen LogP contribution is -2.48. The minimum absolute atomic E-state index is 0.0865. The number of carbonyl (C=O) groups excluding carboxylic acids is 2. The summed E-state index contributed by atoms with van der Waals surface area (Å²) in [5.74, 6) is -1.56. The predicted molar refractivity (Wildman–Crippen MR) is 172 cm³/mol. The van der Waals surface area contributed by atoms with Crippen molar-refractivity contribution in [2.45, 2.75) is 73.6 Å². The molecule has 0 aliphatic rings. The van der Waals surface area contributed by atoms with Gasteiger partial charge in [0.25, 0.3) is 5.34 Å². The third kappa shape index (κ3) is 9.41. The SMILES string of the molecule is Cc1cc(OC(COC(=O)C(C)(C)C)(COC(=O)C(C)(C)C)P(=O)(O)O)cc(C)c1Cc1ccc(O)c(Cc2ccc(F)cc2)c1. The summed E-state index contributed by atoms with van der Waals surface area (Å²) in [6.45, 7) is 11.5. The molecule has 250 valence electrons. The Hall–Kier alpha value is -3.72. The maximum Gasteiger partial charge on any atom is 0.376 e. The van der Waals surface area contributed by atoms with Crippen LogP contribution in [-0.2, 0) is 36.5 Å². The Labute approximate surface area is 269 Å². The average molecular weight is 659 g/mol. The van der Waals surface area contributed by atoms with Gasteiger partial charge in [0.05, 0.1) is 10.8 Å². The summed E-state index contributed by atoms with van der Waals surface area (Å²) in [6, 6.07) is 14.6. The zero-order valence-corrected chi connectivity index (χ0v) is 28.5. The summed E-state index contributed by atoms with van der Waals surface area (Å²) in [5, 5.41) is 7.95. The van der Waals surface area contributed by atoms with Gasteiger partial charge in [0.2, 0.25) is 0 Å². The van der Waals surface area contributed by atoms with E-state index in [-0.39, 0.29) is 17.3 Å². The maximum atomic E-state index is 13.4. The number of hydrogen-bond acceptors (Lipinski definition) is 7. The lowest BCUT2D eigenvalue weighted by Gasteiger charge is -2.35. The number of benzene rings is 3. The number of aryl methyl sites for hydroxylation is 2. The van der Waals surface area contributed by atoms with E-state index in [0.29, 0.717) is 18.4 Å². The van der Waals surface area contributed by atoms with Crippen LogP contribution in [0.4, 0.5) is 4.39 Å². The second-order valence-corrected chi connectivity index (χ2v) is 15.6. The van der Waals surface area contributed by atoms with Crippen LogP contribution in [0.3, 0.4) is 0 Å². The largest absolute Gasteiger partial charge is 0.508 e. The second-order valence-electron chi connectivity index (χ2n) is 13.7. The fraction of sp³-hybridized carbons (Fsp3) is 0.429. The molecule has 3 aromatic rings. The normalized spacial score (nSPS) is 12.5. The standard InChI is InChI=1S/C35H44FO9P/c1-22-15-28(45-35(46(40,41)42,20-43-31(38)33(3,4)5)21-44-32(39)34(6,7)8)16-23(2)29(22)19-25-11-14-30(37)26(18-25)17-24-9-12-27(36)13-10-24/h9-16,18,37H,17,19-21H2,1-8H3,(H2,40,41,42). The smallest absolute Gasteiger partial charge is 0.376 e. The molecule has 46 heavy (non-hydrogen) atoms. The molecule has 0 fully saturated rings. The zero-order valence-electron chi connectivity index (χ0n) is 27.6. The van der Waals surface area contributed by atoms with Crippen LogP contribution in [0.2, 0.25) is 0 Å². The first-order valence-corrected chi connectivity index (χ1v) is 16.5. The summed E-state index contributed by atoms with van der Waals surface area (Å²) < 4.78 is 43.0. The van der Waals surface area contributed by atoms with Crippen LogP contribution in [0, 0.1) is 30.5 Å². The van der Waals surface area contributed by atoms with Gasteiger partial charge >= 0.3 is 19.5 Å². The number of phenols is 1. The third-order valence-corrected chi connectivity index (χ3v) is 8.83. The highest BCUT2D eigenvalue weighted by Gasteiger charge is 2.53. The van der Waals surface area contributed by atoms with Crippen molar-refractivity contribution in [1.29, 1.82) is 0 Å². The molecule has 0 atom stereocenters. The minimum atomic E-state index is -5.25. The fourth-order valence-electron chi connectivity index (χ4n) is 4.55. The Kier molecular flexibility index (Phi) is 11.1. The van der Waals surface area contributed by atoms with E-state index in [2.05, 4.69) is 0 Å². The van der Waals surface area contributed by atoms with Gasteiger partial charge in [-0.1, -0.05) is 24.3 Å². The highest BCUT2D eigenvalue weighted by Crippen LogP contribution is 2.52. The zero-order chi connectivity index (χ0) is 34.7. The second kappa shape index (κ2) is 14.0. The quantitative estimate of drug-likeness (QED) is 0.151. The fourth-order valence-corrected chi connectivity index (χ4v) is 5.24. The monoisotopic (exact) mass is 658 g/mol. The van der Waals surface area contributed by atoms with E-state index in [0.717, 1.165) is 27.8 Å². The van der Waals surface area contributed by atoms with Gasteiger partial charge in [-0.3, -0.25) is 14.2 Å². The number of rotatable bonds is 11. The Morgan fingerprint density at radius 1 is 0.761 bits per heavy atom. The number of esters is 2. The number of halogens is 1. The minimum Gasteiger partial charge on any atom is -0.508 e. The molecular weight excluding hydrogens is 614 g/mol. The molecule has 0 unspecified atom stereocenters. The van der Waals surface area contributed by atoms with Crippen molar-refractivity contribution in [3.63, 3.8) is 0 Å². The number of aromatic hydroxyl groups is 1. The lowest BCUT2D eigenvalue weighted by atomic mass is 9.93. The number of hydrogen-bond donors (Lipinski definition) is 3. The first-order valence-electron chi connectivity index (χ1n) is 14.9. The van der Waals surface area contributed by atoms with E-state index in [1.165, 1.54) is 12.1 Å². The van der Waals surface area contributed by atoms with Gasteiger partial charge in [0, 0.05) is 6.42 Å². The molecule has 0 spiro atoms. The van der Waals surface area contributed by atoms with E-state index < -0.39 is 48.9 Å². The van der Waals surface area contributed by atoms with Crippen LogP contribution in [0.5, 0.6) is 11.5 Å². The predicted octanol–water partition coefficient (Wildman–Crippen LogP) is 6.76. The molecule has 0 amide bonds. The van der Waals surface area contributed by atoms with Crippen molar-refractivity contribution in [2.75, 3.05) is 13.2 Å². The number of phenolic OH excluding ortho intramolecular Hbond substituents is 1. The van der Waals surface area contributed by atoms with E-state index in [1.54, 1.807) is 77.9 Å². The van der Waals surface area contributed by atoms with Crippen molar-refractivity contribution in [3.8, 4) is 11.5 Å². The van der Waals surface area contributed by atoms with Crippen LogP contribution in [-0.4, -0.2) is 45.4 Å². The van der Waals surface area contributed by atoms with Crippen LogP contribution < -0.4 is 4.74 Å². The van der Waals surface area contributed by atoms with Gasteiger partial charge in [0.1, 0.15) is 30.5 Å². The molecule has 0 aliphatic carbocycles. The first kappa shape index (κ1) is 36.7. The van der Waals surface area contributed by atoms with Crippen LogP contribution in [0.25, 0.3) is 0 Å². The van der Waals surface area contributed by atoms with Gasteiger partial charge in [-0.05, 0) is 126 Å². The third-order valence-electron chi connectivity index (χ3n) is 7.42. The van der Waals surface area contributed by atoms with Crippen molar-refractivity contribution in [3.05, 3.63) is 93.8 Å². The summed E-state index contributed by atoms with van der Waals surface area (Å²) in [6.07, 6.45) is 0.888. The van der Waals surface area contributed by atoms with Gasteiger partial charge in [-0.15, -0.1) is 0 Å². The van der Waals surface area contributed by atoms with E-state index in [1.807, 2.05) is 19.9 Å². The van der Waals surface area contributed by atoms with Crippen molar-refractivity contribution in [1.82, 2.24) is 0 Å². The Bertz CT molecular complexity index is 1560. The van der Waals surface area contributed by atoms with Crippen molar-refractivity contribution >= 4 is 19.5 Å². The van der Waals surface area contributed by atoms with Gasteiger partial charge in [0.15, 0.2) is 0 Å². The molecule has 0 bridgehead atoms. The van der Waals surface area contributed by atoms with Gasteiger partial charge in [-0.25, -0.2) is 4.39 Å². The van der Waals surface area contributed by atoms with E-state index >= 15 is 0 Å². The van der Waals surface area contributed by atoms with Crippen LogP contribution >= 0.6 is 7.60 Å². The molecule has 3 rings (SSSR count). The Morgan fingerprint density at radius 3 is 1.70 bits per heavy atom. The molecule has 0 radical (unpaired) electrons.